The van der Waals surface area contributed by atoms with E-state index < -0.39 is 27.5 Å². The number of anilines is 1. The second kappa shape index (κ2) is 7.68. The smallest absolute Gasteiger partial charge is 0.278 e. The zero-order valence-corrected chi connectivity index (χ0v) is 19.2. The molecule has 0 aliphatic carbocycles. The van der Waals surface area contributed by atoms with Crippen molar-refractivity contribution in [3.05, 3.63) is 70.4 Å². The SMILES string of the molecule is Cc1noc(N(C)S(=O)(=O)C23OCOc4cccc(c42)N=C3C(=O)Cc2ccccc2)c1Cl. The number of halogens is 1. The first-order valence-corrected chi connectivity index (χ1v) is 11.8. The molecule has 11 heteroatoms. The lowest BCUT2D eigenvalue weighted by Crippen LogP contribution is -2.55. The first kappa shape index (κ1) is 21.6. The van der Waals surface area contributed by atoms with Crippen molar-refractivity contribution in [3.63, 3.8) is 0 Å². The van der Waals surface area contributed by atoms with E-state index in [1.54, 1.807) is 49.4 Å². The van der Waals surface area contributed by atoms with E-state index >= 15 is 0 Å². The molecule has 0 N–H and O–H groups in total. The third-order valence-corrected chi connectivity index (χ3v) is 8.17. The number of ether oxygens (including phenoxy) is 2. The summed E-state index contributed by atoms with van der Waals surface area (Å²) in [7, 11) is -3.26. The maximum Gasteiger partial charge on any atom is 0.278 e. The zero-order chi connectivity index (χ0) is 23.4. The Kier molecular flexibility index (Phi) is 5.04. The van der Waals surface area contributed by atoms with Gasteiger partial charge in [-0.3, -0.25) is 4.79 Å². The first-order valence-electron chi connectivity index (χ1n) is 9.94. The molecule has 2 aliphatic heterocycles. The number of Topliss-reactive ketones (excluding diaryl/α,β-unsaturated/α-hetero) is 1. The Morgan fingerprint density at radius 1 is 1.18 bits per heavy atom. The molecule has 2 aliphatic rings. The van der Waals surface area contributed by atoms with Gasteiger partial charge in [0.2, 0.25) is 0 Å². The number of hydrogen-bond acceptors (Lipinski definition) is 8. The normalized spacial score (nSPS) is 18.9. The second-order valence-corrected chi connectivity index (χ2v) is 10.0. The minimum absolute atomic E-state index is 0.0325. The van der Waals surface area contributed by atoms with Crippen LogP contribution < -0.4 is 9.04 Å². The van der Waals surface area contributed by atoms with Crippen LogP contribution in [0.5, 0.6) is 5.75 Å². The molecule has 33 heavy (non-hydrogen) atoms. The predicted molar refractivity (Wildman–Crippen MR) is 121 cm³/mol. The van der Waals surface area contributed by atoms with Gasteiger partial charge in [0.25, 0.3) is 20.8 Å². The van der Waals surface area contributed by atoms with Crippen molar-refractivity contribution in [3.8, 4) is 5.75 Å². The summed E-state index contributed by atoms with van der Waals surface area (Å²) in [4.78, 5) is 15.7. The van der Waals surface area contributed by atoms with Gasteiger partial charge in [-0.05, 0) is 24.6 Å². The first-order chi connectivity index (χ1) is 15.8. The highest BCUT2D eigenvalue weighted by atomic mass is 35.5. The van der Waals surface area contributed by atoms with Crippen LogP contribution in [0.15, 0.2) is 58.0 Å². The van der Waals surface area contributed by atoms with E-state index in [-0.39, 0.29) is 40.0 Å². The zero-order valence-electron chi connectivity index (χ0n) is 17.6. The van der Waals surface area contributed by atoms with Crippen LogP contribution in [-0.2, 0) is 30.9 Å². The predicted octanol–water partition coefficient (Wildman–Crippen LogP) is 3.52. The molecule has 1 aromatic heterocycles. The molecule has 0 bridgehead atoms. The van der Waals surface area contributed by atoms with Gasteiger partial charge in [0, 0.05) is 13.5 Å². The molecular weight excluding hydrogens is 470 g/mol. The number of nitrogens with zero attached hydrogens (tertiary/aromatic N) is 3. The molecule has 1 unspecified atom stereocenters. The summed E-state index contributed by atoms with van der Waals surface area (Å²) < 4.78 is 45.6. The number of carbonyl (C=O) groups is 1. The quantitative estimate of drug-likeness (QED) is 0.523. The van der Waals surface area contributed by atoms with Crippen molar-refractivity contribution in [1.29, 1.82) is 0 Å². The minimum atomic E-state index is -4.52. The van der Waals surface area contributed by atoms with E-state index in [0.29, 0.717) is 11.3 Å². The van der Waals surface area contributed by atoms with Gasteiger partial charge in [-0.1, -0.05) is 53.2 Å². The molecule has 0 saturated heterocycles. The van der Waals surface area contributed by atoms with Gasteiger partial charge in [0.05, 0.1) is 11.3 Å². The van der Waals surface area contributed by atoms with Crippen LogP contribution in [0, 0.1) is 6.92 Å². The molecule has 0 saturated carbocycles. The molecule has 0 fully saturated rings. The van der Waals surface area contributed by atoms with Crippen molar-refractivity contribution in [2.75, 3.05) is 18.1 Å². The highest BCUT2D eigenvalue weighted by Gasteiger charge is 2.63. The number of benzene rings is 2. The van der Waals surface area contributed by atoms with Crippen molar-refractivity contribution >= 4 is 44.7 Å². The third-order valence-electron chi connectivity index (χ3n) is 5.61. The van der Waals surface area contributed by atoms with Crippen molar-refractivity contribution < 1.29 is 27.2 Å². The van der Waals surface area contributed by atoms with Gasteiger partial charge in [-0.2, -0.15) is 0 Å². The third kappa shape index (κ3) is 3.09. The number of rotatable bonds is 6. The lowest BCUT2D eigenvalue weighted by molar-refractivity contribution is -0.114. The van der Waals surface area contributed by atoms with Crippen LogP contribution in [0.25, 0.3) is 0 Å². The van der Waals surface area contributed by atoms with Gasteiger partial charge in [-0.25, -0.2) is 17.7 Å². The summed E-state index contributed by atoms with van der Waals surface area (Å²) >= 11 is 6.23. The fraction of sp³-hybridized carbons (Fsp3) is 0.227. The number of aliphatic imine (C=N–C) groups is 1. The van der Waals surface area contributed by atoms with E-state index in [1.807, 2.05) is 6.07 Å². The average molecular weight is 488 g/mol. The summed E-state index contributed by atoms with van der Waals surface area (Å²) in [6, 6.07) is 13.9. The molecule has 9 nitrogen and oxygen atoms in total. The number of carbonyl (C=O) groups excluding carboxylic acids is 1. The van der Waals surface area contributed by atoms with Crippen LogP contribution in [0.3, 0.4) is 0 Å². The molecule has 0 radical (unpaired) electrons. The van der Waals surface area contributed by atoms with Crippen molar-refractivity contribution in [1.82, 2.24) is 5.16 Å². The van der Waals surface area contributed by atoms with Gasteiger partial charge in [-0.15, -0.1) is 0 Å². The summed E-state index contributed by atoms with van der Waals surface area (Å²) in [6.45, 7) is 1.18. The standard InChI is InChI=1S/C22H18ClN3O6S/c1-13-19(23)21(32-25-13)26(2)33(28,29)22-18-15(9-6-10-17(18)30-12-31-22)24-20(22)16(27)11-14-7-4-3-5-8-14/h3-10H,11-12H2,1-2H3. The summed E-state index contributed by atoms with van der Waals surface area (Å²) in [6.07, 6.45) is -0.0592. The fourth-order valence-corrected chi connectivity index (χ4v) is 6.01. The van der Waals surface area contributed by atoms with E-state index in [9.17, 15) is 13.2 Å². The average Bonchev–Trinajstić information content (AvgIpc) is 3.34. The van der Waals surface area contributed by atoms with Crippen LogP contribution in [0.2, 0.25) is 5.02 Å². The highest BCUT2D eigenvalue weighted by Crippen LogP contribution is 2.53. The maximum atomic E-state index is 14.1. The van der Waals surface area contributed by atoms with Crippen LogP contribution >= 0.6 is 11.6 Å². The number of aryl methyl sites for hydroxylation is 1. The molecule has 170 valence electrons. The van der Waals surface area contributed by atoms with E-state index in [1.165, 1.54) is 7.05 Å². The maximum absolute atomic E-state index is 14.1. The van der Waals surface area contributed by atoms with Crippen molar-refractivity contribution in [2.24, 2.45) is 4.99 Å². The molecule has 1 atom stereocenters. The molecular formula is C22H18ClN3O6S. The topological polar surface area (TPSA) is 111 Å². The Balaban J connectivity index is 1.68. The molecule has 0 spiro atoms. The van der Waals surface area contributed by atoms with Gasteiger partial charge < -0.3 is 14.0 Å². The number of ketones is 1. The lowest BCUT2D eigenvalue weighted by atomic mass is 9.98. The number of aromatic nitrogens is 1. The lowest BCUT2D eigenvalue weighted by Gasteiger charge is -2.37. The van der Waals surface area contributed by atoms with Crippen LogP contribution in [-0.4, -0.2) is 38.9 Å². The Bertz CT molecular complexity index is 1400. The van der Waals surface area contributed by atoms with E-state index in [0.717, 1.165) is 4.31 Å². The second-order valence-electron chi connectivity index (χ2n) is 7.58. The molecule has 3 heterocycles. The number of sulfonamides is 1. The highest BCUT2D eigenvalue weighted by molar-refractivity contribution is 7.94. The largest absolute Gasteiger partial charge is 0.467 e. The molecule has 2 aromatic carbocycles. The Labute approximate surface area is 194 Å². The van der Waals surface area contributed by atoms with Crippen LogP contribution in [0.1, 0.15) is 16.8 Å². The summed E-state index contributed by atoms with van der Waals surface area (Å²) in [5, 5.41) is 3.77. The van der Waals surface area contributed by atoms with Gasteiger partial charge >= 0.3 is 0 Å². The summed E-state index contributed by atoms with van der Waals surface area (Å²) in [5.74, 6) is -0.427. The minimum Gasteiger partial charge on any atom is -0.467 e. The van der Waals surface area contributed by atoms with Crippen molar-refractivity contribution in [2.45, 2.75) is 18.3 Å². The fourth-order valence-electron chi connectivity index (χ4n) is 3.97. The van der Waals surface area contributed by atoms with Gasteiger partial charge in [0.1, 0.15) is 22.2 Å². The Hall–Kier alpha value is -3.21. The van der Waals surface area contributed by atoms with Gasteiger partial charge in [0.15, 0.2) is 12.6 Å². The molecule has 0 amide bonds. The molecule has 3 aromatic rings. The van der Waals surface area contributed by atoms with E-state index in [4.69, 9.17) is 25.6 Å². The number of hydrogen-bond donors (Lipinski definition) is 0. The Morgan fingerprint density at radius 3 is 2.64 bits per heavy atom. The van der Waals surface area contributed by atoms with Crippen LogP contribution in [0.4, 0.5) is 11.6 Å². The molecule has 5 rings (SSSR count). The van der Waals surface area contributed by atoms with E-state index in [2.05, 4.69) is 10.1 Å². The summed E-state index contributed by atoms with van der Waals surface area (Å²) in [5.41, 5.74) is 1.20. The monoisotopic (exact) mass is 487 g/mol. The Morgan fingerprint density at radius 2 is 1.94 bits per heavy atom.